The van der Waals surface area contributed by atoms with Crippen molar-refractivity contribution < 1.29 is 9.84 Å². The molecule has 1 saturated heterocycles. The van der Waals surface area contributed by atoms with Crippen molar-refractivity contribution >= 4 is 0 Å². The standard InChI is InChI=1S/C9H18O2/c1-4-7(2)9(3,10)5-8-6-11-8/h7-8,10H,4-6H2,1-3H3/t7-,8-,9+/m0/s1. The lowest BCUT2D eigenvalue weighted by Crippen LogP contribution is -2.33. The van der Waals surface area contributed by atoms with E-state index in [2.05, 4.69) is 13.8 Å². The third-order valence-electron chi connectivity index (χ3n) is 2.72. The van der Waals surface area contributed by atoms with Crippen molar-refractivity contribution in [2.24, 2.45) is 5.92 Å². The number of aliphatic hydroxyl groups is 1. The summed E-state index contributed by atoms with van der Waals surface area (Å²) in [5.74, 6) is 0.367. The maximum absolute atomic E-state index is 9.91. The van der Waals surface area contributed by atoms with E-state index < -0.39 is 5.60 Å². The summed E-state index contributed by atoms with van der Waals surface area (Å²) < 4.78 is 5.08. The van der Waals surface area contributed by atoms with E-state index in [0.29, 0.717) is 12.0 Å². The minimum absolute atomic E-state index is 0.332. The minimum atomic E-state index is -0.532. The van der Waals surface area contributed by atoms with Crippen LogP contribution >= 0.6 is 0 Å². The van der Waals surface area contributed by atoms with Gasteiger partial charge in [0.25, 0.3) is 0 Å². The van der Waals surface area contributed by atoms with E-state index >= 15 is 0 Å². The molecule has 0 bridgehead atoms. The van der Waals surface area contributed by atoms with E-state index in [1.54, 1.807) is 0 Å². The Morgan fingerprint density at radius 3 is 2.64 bits per heavy atom. The molecule has 0 unspecified atom stereocenters. The molecule has 0 saturated carbocycles. The van der Waals surface area contributed by atoms with E-state index in [0.717, 1.165) is 19.4 Å². The lowest BCUT2D eigenvalue weighted by molar-refractivity contribution is -0.00902. The van der Waals surface area contributed by atoms with Gasteiger partial charge in [-0.2, -0.15) is 0 Å². The molecular weight excluding hydrogens is 140 g/mol. The molecule has 3 atom stereocenters. The van der Waals surface area contributed by atoms with Gasteiger partial charge in [-0.1, -0.05) is 20.3 Å². The first kappa shape index (κ1) is 9.01. The molecule has 66 valence electrons. The van der Waals surface area contributed by atoms with Crippen LogP contribution in [0, 0.1) is 5.92 Å². The summed E-state index contributed by atoms with van der Waals surface area (Å²) in [5, 5.41) is 9.91. The van der Waals surface area contributed by atoms with Crippen LogP contribution in [0.25, 0.3) is 0 Å². The summed E-state index contributed by atoms with van der Waals surface area (Å²) in [5.41, 5.74) is -0.532. The summed E-state index contributed by atoms with van der Waals surface area (Å²) in [4.78, 5) is 0. The third kappa shape index (κ3) is 2.46. The number of rotatable bonds is 4. The van der Waals surface area contributed by atoms with Gasteiger partial charge in [-0.25, -0.2) is 0 Å². The maximum Gasteiger partial charge on any atom is 0.0837 e. The second kappa shape index (κ2) is 3.11. The van der Waals surface area contributed by atoms with Crippen molar-refractivity contribution in [1.29, 1.82) is 0 Å². The molecule has 0 spiro atoms. The zero-order valence-corrected chi connectivity index (χ0v) is 7.63. The Morgan fingerprint density at radius 1 is 1.73 bits per heavy atom. The van der Waals surface area contributed by atoms with Crippen LogP contribution in [0.4, 0.5) is 0 Å². The monoisotopic (exact) mass is 158 g/mol. The molecule has 0 aliphatic carbocycles. The average molecular weight is 158 g/mol. The molecule has 0 radical (unpaired) electrons. The number of ether oxygens (including phenoxy) is 1. The van der Waals surface area contributed by atoms with Gasteiger partial charge in [0.2, 0.25) is 0 Å². The maximum atomic E-state index is 9.91. The van der Waals surface area contributed by atoms with Gasteiger partial charge in [-0.15, -0.1) is 0 Å². The van der Waals surface area contributed by atoms with Crippen LogP contribution < -0.4 is 0 Å². The first-order chi connectivity index (χ1) is 5.06. The van der Waals surface area contributed by atoms with Crippen molar-refractivity contribution in [1.82, 2.24) is 0 Å². The highest BCUT2D eigenvalue weighted by molar-refractivity contribution is 4.85. The van der Waals surface area contributed by atoms with Gasteiger partial charge in [0, 0.05) is 6.42 Å². The molecule has 1 aliphatic heterocycles. The summed E-state index contributed by atoms with van der Waals surface area (Å²) >= 11 is 0. The van der Waals surface area contributed by atoms with Crippen molar-refractivity contribution in [3.8, 4) is 0 Å². The second-order valence-corrected chi connectivity index (χ2v) is 3.83. The predicted molar refractivity (Wildman–Crippen MR) is 44.4 cm³/mol. The highest BCUT2D eigenvalue weighted by atomic mass is 16.6. The van der Waals surface area contributed by atoms with Gasteiger partial charge in [0.15, 0.2) is 0 Å². The fourth-order valence-electron chi connectivity index (χ4n) is 1.29. The summed E-state index contributed by atoms with van der Waals surface area (Å²) in [7, 11) is 0. The molecular formula is C9H18O2. The number of epoxide rings is 1. The van der Waals surface area contributed by atoms with Crippen LogP contribution in [0.15, 0.2) is 0 Å². The Hall–Kier alpha value is -0.0800. The van der Waals surface area contributed by atoms with Crippen LogP contribution in [0.5, 0.6) is 0 Å². The topological polar surface area (TPSA) is 32.8 Å². The van der Waals surface area contributed by atoms with Crippen molar-refractivity contribution in [3.05, 3.63) is 0 Å². The Balaban J connectivity index is 2.35. The molecule has 1 N–H and O–H groups in total. The second-order valence-electron chi connectivity index (χ2n) is 3.83. The fourth-order valence-corrected chi connectivity index (χ4v) is 1.29. The minimum Gasteiger partial charge on any atom is -0.390 e. The molecule has 1 fully saturated rings. The first-order valence-corrected chi connectivity index (χ1v) is 4.40. The van der Waals surface area contributed by atoms with E-state index in [1.165, 1.54) is 0 Å². The van der Waals surface area contributed by atoms with Crippen LogP contribution in [-0.4, -0.2) is 23.4 Å². The van der Waals surface area contributed by atoms with E-state index in [-0.39, 0.29) is 0 Å². The first-order valence-electron chi connectivity index (χ1n) is 4.40. The van der Waals surface area contributed by atoms with Gasteiger partial charge in [-0.05, 0) is 12.8 Å². The average Bonchev–Trinajstić information content (AvgIpc) is 2.69. The van der Waals surface area contributed by atoms with Gasteiger partial charge in [0.1, 0.15) is 0 Å². The quantitative estimate of drug-likeness (QED) is 0.630. The van der Waals surface area contributed by atoms with E-state index in [1.807, 2.05) is 6.92 Å². The van der Waals surface area contributed by atoms with Crippen LogP contribution in [0.3, 0.4) is 0 Å². The molecule has 0 amide bonds. The molecule has 2 nitrogen and oxygen atoms in total. The van der Waals surface area contributed by atoms with Gasteiger partial charge < -0.3 is 9.84 Å². The van der Waals surface area contributed by atoms with Crippen molar-refractivity contribution in [2.45, 2.75) is 45.3 Å². The molecule has 1 rings (SSSR count). The highest BCUT2D eigenvalue weighted by Crippen LogP contribution is 2.29. The zero-order chi connectivity index (χ0) is 8.48. The summed E-state index contributed by atoms with van der Waals surface area (Å²) in [6.07, 6.45) is 2.15. The summed E-state index contributed by atoms with van der Waals surface area (Å²) in [6, 6.07) is 0. The lowest BCUT2D eigenvalue weighted by Gasteiger charge is -2.28. The molecule has 1 aliphatic rings. The SMILES string of the molecule is CC[C@H](C)[C@](C)(O)C[C@H]1CO1. The Morgan fingerprint density at radius 2 is 2.27 bits per heavy atom. The van der Waals surface area contributed by atoms with Gasteiger partial charge >= 0.3 is 0 Å². The molecule has 2 heteroatoms. The Labute approximate surface area is 68.6 Å². The molecule has 11 heavy (non-hydrogen) atoms. The zero-order valence-electron chi connectivity index (χ0n) is 7.63. The molecule has 1 heterocycles. The van der Waals surface area contributed by atoms with Gasteiger partial charge in [0.05, 0.1) is 18.3 Å². The summed E-state index contributed by atoms with van der Waals surface area (Å²) in [6.45, 7) is 6.94. The molecule has 0 aromatic carbocycles. The van der Waals surface area contributed by atoms with Gasteiger partial charge in [-0.3, -0.25) is 0 Å². The molecule has 0 aromatic rings. The lowest BCUT2D eigenvalue weighted by atomic mass is 9.85. The molecule has 0 aromatic heterocycles. The van der Waals surface area contributed by atoms with Crippen LogP contribution in [0.2, 0.25) is 0 Å². The fraction of sp³-hybridized carbons (Fsp3) is 1.00. The Kier molecular flexibility index (Phi) is 2.55. The van der Waals surface area contributed by atoms with Crippen molar-refractivity contribution in [3.63, 3.8) is 0 Å². The highest BCUT2D eigenvalue weighted by Gasteiger charge is 2.35. The van der Waals surface area contributed by atoms with E-state index in [9.17, 15) is 5.11 Å². The smallest absolute Gasteiger partial charge is 0.0837 e. The normalized spacial score (nSPS) is 31.1. The largest absolute Gasteiger partial charge is 0.390 e. The number of hydrogen-bond donors (Lipinski definition) is 1. The van der Waals surface area contributed by atoms with Crippen LogP contribution in [-0.2, 0) is 4.74 Å². The Bertz CT molecular complexity index is 128. The third-order valence-corrected chi connectivity index (χ3v) is 2.72. The predicted octanol–water partition coefficient (Wildman–Crippen LogP) is 1.57. The van der Waals surface area contributed by atoms with Crippen molar-refractivity contribution in [2.75, 3.05) is 6.61 Å². The van der Waals surface area contributed by atoms with Crippen LogP contribution in [0.1, 0.15) is 33.6 Å². The number of hydrogen-bond acceptors (Lipinski definition) is 2. The van der Waals surface area contributed by atoms with E-state index in [4.69, 9.17) is 4.74 Å².